The van der Waals surface area contributed by atoms with E-state index < -0.39 is 23.9 Å². The van der Waals surface area contributed by atoms with Crippen molar-refractivity contribution in [2.45, 2.75) is 56.0 Å². The number of aliphatic hydroxyl groups excluding tert-OH is 1. The van der Waals surface area contributed by atoms with Gasteiger partial charge in [0.15, 0.2) is 0 Å². The van der Waals surface area contributed by atoms with Gasteiger partial charge in [0.25, 0.3) is 0 Å². The number of carbonyl (C=O) groups is 1. The van der Waals surface area contributed by atoms with E-state index in [4.69, 9.17) is 31.5 Å². The maximum Gasteiger partial charge on any atom is 0.226 e. The highest BCUT2D eigenvalue weighted by Gasteiger charge is 2.45. The second-order valence-corrected chi connectivity index (χ2v) is 10.7. The molecule has 38 heavy (non-hydrogen) atoms. The van der Waals surface area contributed by atoms with Crippen LogP contribution < -0.4 is 10.5 Å². The molecule has 4 N–H and O–H groups in total. The summed E-state index contributed by atoms with van der Waals surface area (Å²) >= 11 is 6.77. The van der Waals surface area contributed by atoms with Crippen LogP contribution >= 0.6 is 11.6 Å². The predicted molar refractivity (Wildman–Crippen MR) is 146 cm³/mol. The van der Waals surface area contributed by atoms with Crippen LogP contribution in [0.15, 0.2) is 42.5 Å². The number of methoxy groups -OCH3 is 2. The summed E-state index contributed by atoms with van der Waals surface area (Å²) in [4.78, 5) is 15.1. The van der Waals surface area contributed by atoms with E-state index >= 15 is 0 Å². The van der Waals surface area contributed by atoms with Crippen LogP contribution in [-0.4, -0.2) is 79.8 Å². The van der Waals surface area contributed by atoms with Crippen LogP contribution in [0.2, 0.25) is 5.02 Å². The number of benzene rings is 2. The molecule has 1 aliphatic carbocycles. The molecule has 1 saturated heterocycles. The van der Waals surface area contributed by atoms with Crippen LogP contribution in [0.4, 0.5) is 0 Å². The molecular formula is C29H39ClN2O6. The average Bonchev–Trinajstić information content (AvgIpc) is 3.28. The molecule has 0 spiro atoms. The Kier molecular flexibility index (Phi) is 9.68. The molecular weight excluding hydrogens is 508 g/mol. The number of rotatable bonds is 10. The van der Waals surface area contributed by atoms with E-state index in [1.807, 2.05) is 36.4 Å². The largest absolute Gasteiger partial charge is 0.497 e. The van der Waals surface area contributed by atoms with Gasteiger partial charge in [-0.25, -0.2) is 0 Å². The SMILES string of the molecule is COCCCC[C@@](O)(c1cccc(Cl)c1-c1cccc(OC)c1)[C@H]1CN(C(=O)[C@H]2C[C@@H](N)[C@@H](O)C2)CCO1. The number of halogens is 1. The molecule has 4 rings (SSSR count). The highest BCUT2D eigenvalue weighted by molar-refractivity contribution is 6.33. The summed E-state index contributed by atoms with van der Waals surface area (Å²) in [6, 6.07) is 12.7. The minimum atomic E-state index is -1.43. The number of nitrogens with two attached hydrogens (primary N) is 1. The first-order valence-electron chi connectivity index (χ1n) is 13.3. The second kappa shape index (κ2) is 12.8. The van der Waals surface area contributed by atoms with E-state index in [0.29, 0.717) is 67.3 Å². The lowest BCUT2D eigenvalue weighted by Gasteiger charge is -2.44. The van der Waals surface area contributed by atoms with Crippen molar-refractivity contribution in [3.05, 3.63) is 53.1 Å². The highest BCUT2D eigenvalue weighted by atomic mass is 35.5. The van der Waals surface area contributed by atoms with Gasteiger partial charge in [-0.15, -0.1) is 0 Å². The zero-order valence-electron chi connectivity index (χ0n) is 22.1. The van der Waals surface area contributed by atoms with Crippen LogP contribution in [-0.2, 0) is 19.9 Å². The molecule has 1 heterocycles. The Bertz CT molecular complexity index is 1090. The second-order valence-electron chi connectivity index (χ2n) is 10.3. The van der Waals surface area contributed by atoms with Crippen molar-refractivity contribution in [2.24, 2.45) is 11.7 Å². The Morgan fingerprint density at radius 3 is 2.71 bits per heavy atom. The number of carbonyl (C=O) groups excluding carboxylic acids is 1. The fourth-order valence-corrected chi connectivity index (χ4v) is 6.00. The summed E-state index contributed by atoms with van der Waals surface area (Å²) in [6.45, 7) is 1.53. The van der Waals surface area contributed by atoms with E-state index in [1.54, 1.807) is 25.2 Å². The molecule has 1 amide bonds. The molecule has 5 atom stereocenters. The van der Waals surface area contributed by atoms with Gasteiger partial charge in [0.1, 0.15) is 17.5 Å². The lowest BCUT2D eigenvalue weighted by molar-refractivity contribution is -0.167. The summed E-state index contributed by atoms with van der Waals surface area (Å²) < 4.78 is 16.9. The number of morpholine rings is 1. The summed E-state index contributed by atoms with van der Waals surface area (Å²) in [5.41, 5.74) is 6.72. The van der Waals surface area contributed by atoms with Gasteiger partial charge in [0.2, 0.25) is 5.91 Å². The quantitative estimate of drug-likeness (QED) is 0.391. The Morgan fingerprint density at radius 1 is 1.21 bits per heavy atom. The lowest BCUT2D eigenvalue weighted by atomic mass is 9.79. The summed E-state index contributed by atoms with van der Waals surface area (Å²) in [5, 5.41) is 23.1. The molecule has 2 fully saturated rings. The molecule has 9 heteroatoms. The maximum atomic E-state index is 13.4. The van der Waals surface area contributed by atoms with Gasteiger partial charge in [-0.3, -0.25) is 4.79 Å². The number of hydrogen-bond acceptors (Lipinski definition) is 7. The van der Waals surface area contributed by atoms with Crippen molar-refractivity contribution >= 4 is 17.5 Å². The smallest absolute Gasteiger partial charge is 0.226 e. The van der Waals surface area contributed by atoms with Crippen molar-refractivity contribution in [2.75, 3.05) is 40.5 Å². The predicted octanol–water partition coefficient (Wildman–Crippen LogP) is 3.35. The number of aliphatic hydroxyl groups is 2. The zero-order valence-corrected chi connectivity index (χ0v) is 22.9. The number of ether oxygens (including phenoxy) is 3. The minimum absolute atomic E-state index is 0.0499. The minimum Gasteiger partial charge on any atom is -0.497 e. The molecule has 0 radical (unpaired) electrons. The molecule has 0 aromatic heterocycles. The molecule has 2 aliphatic rings. The first-order chi connectivity index (χ1) is 18.3. The molecule has 1 saturated carbocycles. The molecule has 8 nitrogen and oxygen atoms in total. The van der Waals surface area contributed by atoms with Crippen molar-refractivity contribution in [1.82, 2.24) is 4.90 Å². The van der Waals surface area contributed by atoms with E-state index in [9.17, 15) is 15.0 Å². The fraction of sp³-hybridized carbons (Fsp3) is 0.552. The van der Waals surface area contributed by atoms with Crippen molar-refractivity contribution in [3.8, 4) is 16.9 Å². The maximum absolute atomic E-state index is 13.4. The molecule has 2 aromatic carbocycles. The average molecular weight is 547 g/mol. The molecule has 208 valence electrons. The Labute approximate surface area is 229 Å². The number of nitrogens with zero attached hydrogens (tertiary/aromatic N) is 1. The van der Waals surface area contributed by atoms with E-state index in [0.717, 1.165) is 12.0 Å². The van der Waals surface area contributed by atoms with Crippen molar-refractivity contribution < 1.29 is 29.2 Å². The molecule has 2 aromatic rings. The highest BCUT2D eigenvalue weighted by Crippen LogP contribution is 2.43. The van der Waals surface area contributed by atoms with Gasteiger partial charge in [-0.2, -0.15) is 0 Å². The van der Waals surface area contributed by atoms with Gasteiger partial charge in [0, 0.05) is 42.8 Å². The third-order valence-electron chi connectivity index (χ3n) is 7.83. The van der Waals surface area contributed by atoms with Crippen LogP contribution in [0.25, 0.3) is 11.1 Å². The van der Waals surface area contributed by atoms with Gasteiger partial charge >= 0.3 is 0 Å². The van der Waals surface area contributed by atoms with Crippen LogP contribution in [0.5, 0.6) is 5.75 Å². The van der Waals surface area contributed by atoms with E-state index in [1.165, 1.54) is 0 Å². The lowest BCUT2D eigenvalue weighted by Crippen LogP contribution is -2.55. The Morgan fingerprint density at radius 2 is 2.00 bits per heavy atom. The van der Waals surface area contributed by atoms with Gasteiger partial charge in [-0.05, 0) is 61.4 Å². The Hall–Kier alpha value is -2.20. The standard InChI is InChI=1S/C29H39ClN2O6/c1-36-13-4-3-11-29(35,22-9-6-10-23(30)27(22)19-7-5-8-21(15-19)37-2)26-18-32(12-14-38-26)28(34)20-16-24(31)25(33)17-20/h5-10,15,20,24-26,33,35H,3-4,11-14,16-18,31H2,1-2H3/t20-,24+,25-,26+,29+/m0/s1. The Balaban J connectivity index is 1.69. The van der Waals surface area contributed by atoms with Gasteiger partial charge in [0.05, 0.1) is 26.4 Å². The molecule has 0 bridgehead atoms. The molecule has 0 unspecified atom stereocenters. The van der Waals surface area contributed by atoms with Gasteiger partial charge in [-0.1, -0.05) is 35.9 Å². The summed E-state index contributed by atoms with van der Waals surface area (Å²) in [5.74, 6) is 0.304. The van der Waals surface area contributed by atoms with Crippen molar-refractivity contribution in [1.29, 1.82) is 0 Å². The fourth-order valence-electron chi connectivity index (χ4n) is 5.71. The third kappa shape index (κ3) is 6.17. The van der Waals surface area contributed by atoms with Crippen LogP contribution in [0, 0.1) is 5.92 Å². The first kappa shape index (κ1) is 28.8. The zero-order chi connectivity index (χ0) is 27.3. The number of amides is 1. The topological polar surface area (TPSA) is 114 Å². The van der Waals surface area contributed by atoms with Crippen molar-refractivity contribution in [3.63, 3.8) is 0 Å². The van der Waals surface area contributed by atoms with Crippen LogP contribution in [0.3, 0.4) is 0 Å². The normalized spacial score (nSPS) is 25.3. The molecule has 1 aliphatic heterocycles. The van der Waals surface area contributed by atoms with Gasteiger partial charge < -0.3 is 35.1 Å². The third-order valence-corrected chi connectivity index (χ3v) is 8.15. The van der Waals surface area contributed by atoms with E-state index in [2.05, 4.69) is 0 Å². The summed E-state index contributed by atoms with van der Waals surface area (Å²) in [7, 11) is 3.26. The number of hydrogen-bond donors (Lipinski definition) is 3. The summed E-state index contributed by atoms with van der Waals surface area (Å²) in [6.07, 6.45) is 1.32. The van der Waals surface area contributed by atoms with E-state index in [-0.39, 0.29) is 18.4 Å². The number of unbranched alkanes of at least 4 members (excludes halogenated alkanes) is 1. The van der Waals surface area contributed by atoms with Crippen LogP contribution in [0.1, 0.15) is 37.7 Å². The monoisotopic (exact) mass is 546 g/mol. The first-order valence-corrected chi connectivity index (χ1v) is 13.6.